The molecular weight excluding hydrogens is 439 g/mol. The van der Waals surface area contributed by atoms with Crippen molar-refractivity contribution in [2.45, 2.75) is 57.9 Å². The molecule has 0 aromatic rings. The van der Waals surface area contributed by atoms with E-state index < -0.39 is 0 Å². The minimum Gasteiger partial charge on any atom is -0.379 e. The lowest BCUT2D eigenvalue weighted by Gasteiger charge is -2.41. The third-order valence-electron chi connectivity index (χ3n) is 5.84. The highest BCUT2D eigenvalue weighted by Gasteiger charge is 2.34. The van der Waals surface area contributed by atoms with E-state index in [2.05, 4.69) is 34.6 Å². The Labute approximate surface area is 176 Å². The molecule has 5 nitrogen and oxygen atoms in total. The van der Waals surface area contributed by atoms with Gasteiger partial charge < -0.3 is 15.4 Å². The van der Waals surface area contributed by atoms with Crippen LogP contribution in [0.3, 0.4) is 0 Å². The molecule has 3 rings (SSSR count). The fraction of sp³-hybridized carbons (Fsp3) is 0.850. The van der Waals surface area contributed by atoms with Crippen LogP contribution in [0, 0.1) is 5.41 Å². The molecule has 0 aromatic carbocycles. The molecule has 1 heterocycles. The van der Waals surface area contributed by atoms with Gasteiger partial charge in [-0.2, -0.15) is 0 Å². The summed E-state index contributed by atoms with van der Waals surface area (Å²) in [5, 5.41) is 7.07. The van der Waals surface area contributed by atoms with Gasteiger partial charge in [0.2, 0.25) is 0 Å². The molecule has 2 fully saturated rings. The summed E-state index contributed by atoms with van der Waals surface area (Å²) in [4.78, 5) is 7.65. The second-order valence-corrected chi connectivity index (χ2v) is 7.93. The number of guanidine groups is 1. The van der Waals surface area contributed by atoms with Gasteiger partial charge in [0.1, 0.15) is 0 Å². The first kappa shape index (κ1) is 22.0. The molecule has 1 saturated heterocycles. The quantitative estimate of drug-likeness (QED) is 0.268. The molecule has 2 aliphatic carbocycles. The molecule has 0 aromatic heterocycles. The molecule has 3 aliphatic rings. The van der Waals surface area contributed by atoms with Crippen molar-refractivity contribution in [2.75, 3.05) is 45.9 Å². The van der Waals surface area contributed by atoms with E-state index in [1.807, 2.05) is 0 Å². The Morgan fingerprint density at radius 2 is 1.85 bits per heavy atom. The fourth-order valence-electron chi connectivity index (χ4n) is 4.40. The topological polar surface area (TPSA) is 48.9 Å². The Bertz CT molecular complexity index is 449. The summed E-state index contributed by atoms with van der Waals surface area (Å²) in [6.07, 6.45) is 13.5. The highest BCUT2D eigenvalue weighted by Crippen LogP contribution is 2.37. The van der Waals surface area contributed by atoms with E-state index in [1.165, 1.54) is 38.6 Å². The molecule has 2 N–H and O–H groups in total. The van der Waals surface area contributed by atoms with Gasteiger partial charge in [-0.3, -0.25) is 9.89 Å². The maximum atomic E-state index is 5.53. The van der Waals surface area contributed by atoms with Gasteiger partial charge in [0.15, 0.2) is 5.96 Å². The maximum Gasteiger partial charge on any atom is 0.191 e. The van der Waals surface area contributed by atoms with E-state index in [4.69, 9.17) is 9.73 Å². The van der Waals surface area contributed by atoms with Gasteiger partial charge in [0, 0.05) is 44.2 Å². The first-order valence-electron chi connectivity index (χ1n) is 10.3. The molecule has 6 heteroatoms. The summed E-state index contributed by atoms with van der Waals surface area (Å²) in [5.74, 6) is 1.00. The minimum absolute atomic E-state index is 0. The molecule has 0 spiro atoms. The Hall–Kier alpha value is -0.340. The zero-order chi connectivity index (χ0) is 17.4. The van der Waals surface area contributed by atoms with Gasteiger partial charge in [-0.15, -0.1) is 24.0 Å². The van der Waals surface area contributed by atoms with Crippen LogP contribution in [0.15, 0.2) is 17.1 Å². The first-order chi connectivity index (χ1) is 12.3. The Kier molecular flexibility index (Phi) is 9.70. The lowest BCUT2D eigenvalue weighted by atomic mass is 9.73. The van der Waals surface area contributed by atoms with Gasteiger partial charge in [-0.25, -0.2) is 0 Å². The lowest BCUT2D eigenvalue weighted by molar-refractivity contribution is 0.00937. The van der Waals surface area contributed by atoms with Crippen LogP contribution in [-0.4, -0.2) is 62.8 Å². The van der Waals surface area contributed by atoms with Crippen LogP contribution in [0.5, 0.6) is 0 Å². The van der Waals surface area contributed by atoms with E-state index in [0.717, 1.165) is 58.2 Å². The van der Waals surface area contributed by atoms with Gasteiger partial charge in [-0.1, -0.05) is 31.4 Å². The zero-order valence-electron chi connectivity index (χ0n) is 16.3. The monoisotopic (exact) mass is 476 g/mol. The second-order valence-electron chi connectivity index (χ2n) is 7.93. The average Bonchev–Trinajstić information content (AvgIpc) is 3.15. The third kappa shape index (κ3) is 6.68. The van der Waals surface area contributed by atoms with Crippen LogP contribution in [0.2, 0.25) is 0 Å². The van der Waals surface area contributed by atoms with Crippen molar-refractivity contribution in [3.05, 3.63) is 12.2 Å². The van der Waals surface area contributed by atoms with E-state index >= 15 is 0 Å². The maximum absolute atomic E-state index is 5.53. The summed E-state index contributed by atoms with van der Waals surface area (Å²) in [6.45, 7) is 9.13. The molecule has 1 aliphatic heterocycles. The van der Waals surface area contributed by atoms with E-state index in [0.29, 0.717) is 11.5 Å². The summed E-state index contributed by atoms with van der Waals surface area (Å²) >= 11 is 0. The SMILES string of the molecule is CCNC(=NCC1(CN2CCOCC2)CCCCC1)NC1CC=CC1.I. The number of nitrogens with one attached hydrogen (secondary N) is 2. The number of hydrogen-bond acceptors (Lipinski definition) is 3. The van der Waals surface area contributed by atoms with Crippen LogP contribution in [-0.2, 0) is 4.74 Å². The van der Waals surface area contributed by atoms with Crippen molar-refractivity contribution in [2.24, 2.45) is 10.4 Å². The van der Waals surface area contributed by atoms with Crippen molar-refractivity contribution < 1.29 is 4.74 Å². The number of ether oxygens (including phenoxy) is 1. The van der Waals surface area contributed by atoms with Crippen LogP contribution in [0.1, 0.15) is 51.9 Å². The van der Waals surface area contributed by atoms with Gasteiger partial charge in [-0.05, 0) is 32.6 Å². The number of nitrogens with zero attached hydrogens (tertiary/aromatic N) is 2. The number of halogens is 1. The largest absolute Gasteiger partial charge is 0.379 e. The predicted octanol–water partition coefficient (Wildman–Crippen LogP) is 3.16. The number of aliphatic imine (C=N–C) groups is 1. The standard InChI is InChI=1S/C20H36N4O.HI/c1-2-21-19(23-18-8-4-5-9-18)22-16-20(10-6-3-7-11-20)17-24-12-14-25-15-13-24;/h4-5,18H,2-3,6-17H2,1H3,(H2,21,22,23);1H. The fourth-order valence-corrected chi connectivity index (χ4v) is 4.40. The van der Waals surface area contributed by atoms with E-state index in [1.54, 1.807) is 0 Å². The Morgan fingerprint density at radius 3 is 2.50 bits per heavy atom. The molecule has 0 atom stereocenters. The summed E-state index contributed by atoms with van der Waals surface area (Å²) in [6, 6.07) is 0.513. The Balaban J connectivity index is 0.00000243. The molecule has 150 valence electrons. The van der Waals surface area contributed by atoms with E-state index in [-0.39, 0.29) is 24.0 Å². The van der Waals surface area contributed by atoms with Crippen molar-refractivity contribution in [3.8, 4) is 0 Å². The van der Waals surface area contributed by atoms with Gasteiger partial charge in [0.25, 0.3) is 0 Å². The first-order valence-corrected chi connectivity index (χ1v) is 10.3. The van der Waals surface area contributed by atoms with Crippen molar-refractivity contribution >= 4 is 29.9 Å². The zero-order valence-corrected chi connectivity index (χ0v) is 18.7. The second kappa shape index (κ2) is 11.5. The van der Waals surface area contributed by atoms with Crippen molar-refractivity contribution in [3.63, 3.8) is 0 Å². The van der Waals surface area contributed by atoms with Crippen LogP contribution >= 0.6 is 24.0 Å². The molecule has 0 radical (unpaired) electrons. The van der Waals surface area contributed by atoms with E-state index in [9.17, 15) is 0 Å². The summed E-state index contributed by atoms with van der Waals surface area (Å²) in [5.41, 5.74) is 0.353. The smallest absolute Gasteiger partial charge is 0.191 e. The molecule has 0 bridgehead atoms. The molecule has 0 unspecified atom stereocenters. The lowest BCUT2D eigenvalue weighted by Crippen LogP contribution is -2.47. The highest BCUT2D eigenvalue weighted by atomic mass is 127. The van der Waals surface area contributed by atoms with Crippen LogP contribution < -0.4 is 10.6 Å². The summed E-state index contributed by atoms with van der Waals surface area (Å²) in [7, 11) is 0. The highest BCUT2D eigenvalue weighted by molar-refractivity contribution is 14.0. The van der Waals surface area contributed by atoms with Crippen molar-refractivity contribution in [1.82, 2.24) is 15.5 Å². The van der Waals surface area contributed by atoms with Crippen molar-refractivity contribution in [1.29, 1.82) is 0 Å². The molecular formula is C20H37IN4O. The predicted molar refractivity (Wildman–Crippen MR) is 119 cm³/mol. The summed E-state index contributed by atoms with van der Waals surface area (Å²) < 4.78 is 5.53. The normalized spacial score (nSPS) is 24.3. The molecule has 0 amide bonds. The number of rotatable bonds is 6. The number of hydrogen-bond donors (Lipinski definition) is 2. The molecule has 26 heavy (non-hydrogen) atoms. The number of morpholine rings is 1. The Morgan fingerprint density at radius 1 is 1.15 bits per heavy atom. The van der Waals surface area contributed by atoms with Crippen LogP contribution in [0.4, 0.5) is 0 Å². The molecule has 1 saturated carbocycles. The van der Waals surface area contributed by atoms with Gasteiger partial charge in [0.05, 0.1) is 13.2 Å². The van der Waals surface area contributed by atoms with Gasteiger partial charge >= 0.3 is 0 Å². The third-order valence-corrected chi connectivity index (χ3v) is 5.84. The van der Waals surface area contributed by atoms with Crippen LogP contribution in [0.25, 0.3) is 0 Å². The minimum atomic E-state index is 0. The average molecular weight is 476 g/mol.